The second kappa shape index (κ2) is 8.59. The molecule has 2 N–H and O–H groups in total. The normalized spacial score (nSPS) is 23.7. The van der Waals surface area contributed by atoms with Crippen LogP contribution in [0.2, 0.25) is 0 Å². The number of thiocarbonyl (C=S) groups is 1. The number of hydrogen-bond donors (Lipinski definition) is 2. The van der Waals surface area contributed by atoms with Crippen molar-refractivity contribution in [1.29, 1.82) is 0 Å². The van der Waals surface area contributed by atoms with Gasteiger partial charge in [-0.15, -0.1) is 0 Å². The SMILES string of the molecule is C[C@@H]1CCCCN1c1cc(N2CCCCCC2)nc(NC(=S)NC2CC2)n1. The van der Waals surface area contributed by atoms with Crippen molar-refractivity contribution in [3.63, 3.8) is 0 Å². The first kappa shape index (κ1) is 18.7. The van der Waals surface area contributed by atoms with E-state index in [1.54, 1.807) is 0 Å². The standard InChI is InChI=1S/C20H32N6S/c1-15-8-4-7-13-26(15)18-14-17(25-11-5-2-3-6-12-25)22-19(23-18)24-20(27)21-16-9-10-16/h14-16H,2-13H2,1H3,(H2,21,22,23,24,27)/t15-/m1/s1. The van der Waals surface area contributed by atoms with Crippen molar-refractivity contribution in [1.82, 2.24) is 15.3 Å². The van der Waals surface area contributed by atoms with Crippen molar-refractivity contribution in [2.75, 3.05) is 34.8 Å². The van der Waals surface area contributed by atoms with E-state index in [-0.39, 0.29) is 0 Å². The summed E-state index contributed by atoms with van der Waals surface area (Å²) < 4.78 is 0. The van der Waals surface area contributed by atoms with E-state index < -0.39 is 0 Å². The number of rotatable bonds is 4. The summed E-state index contributed by atoms with van der Waals surface area (Å²) in [7, 11) is 0. The maximum Gasteiger partial charge on any atom is 0.232 e. The van der Waals surface area contributed by atoms with E-state index in [1.807, 2.05) is 0 Å². The molecule has 1 aromatic heterocycles. The Bertz CT molecular complexity index is 654. The van der Waals surface area contributed by atoms with Gasteiger partial charge in [0.15, 0.2) is 5.11 Å². The molecule has 2 saturated heterocycles. The highest BCUT2D eigenvalue weighted by Gasteiger charge is 2.24. The predicted octanol–water partition coefficient (Wildman–Crippen LogP) is 3.68. The Labute approximate surface area is 168 Å². The first-order valence-electron chi connectivity index (χ1n) is 10.7. The maximum atomic E-state index is 5.47. The van der Waals surface area contributed by atoms with Crippen molar-refractivity contribution in [3.05, 3.63) is 6.07 Å². The molecule has 7 heteroatoms. The van der Waals surface area contributed by atoms with Crippen LogP contribution in [0.3, 0.4) is 0 Å². The highest BCUT2D eigenvalue weighted by Crippen LogP contribution is 2.28. The lowest BCUT2D eigenvalue weighted by molar-refractivity contribution is 0.481. The largest absolute Gasteiger partial charge is 0.360 e. The third-order valence-electron chi connectivity index (χ3n) is 5.86. The monoisotopic (exact) mass is 388 g/mol. The van der Waals surface area contributed by atoms with Gasteiger partial charge in [0.2, 0.25) is 5.95 Å². The Hall–Kier alpha value is -1.63. The summed E-state index contributed by atoms with van der Waals surface area (Å²) in [6.07, 6.45) is 11.3. The summed E-state index contributed by atoms with van der Waals surface area (Å²) in [6.45, 7) is 5.54. The quantitative estimate of drug-likeness (QED) is 0.763. The molecule has 0 spiro atoms. The molecule has 148 valence electrons. The molecule has 1 atom stereocenters. The van der Waals surface area contributed by atoms with Crippen LogP contribution in [-0.2, 0) is 0 Å². The molecule has 27 heavy (non-hydrogen) atoms. The van der Waals surface area contributed by atoms with Gasteiger partial charge in [0.25, 0.3) is 0 Å². The minimum atomic E-state index is 0.523. The van der Waals surface area contributed by atoms with Crippen LogP contribution in [0.25, 0.3) is 0 Å². The molecular weight excluding hydrogens is 356 g/mol. The lowest BCUT2D eigenvalue weighted by atomic mass is 10.0. The van der Waals surface area contributed by atoms with Gasteiger partial charge < -0.3 is 20.4 Å². The van der Waals surface area contributed by atoms with Crippen molar-refractivity contribution >= 4 is 34.9 Å². The Morgan fingerprint density at radius 2 is 1.67 bits per heavy atom. The number of aromatic nitrogens is 2. The van der Waals surface area contributed by atoms with Gasteiger partial charge in [-0.3, -0.25) is 0 Å². The van der Waals surface area contributed by atoms with Crippen LogP contribution in [0.15, 0.2) is 6.07 Å². The lowest BCUT2D eigenvalue weighted by Crippen LogP contribution is -2.38. The predicted molar refractivity (Wildman–Crippen MR) is 116 cm³/mol. The summed E-state index contributed by atoms with van der Waals surface area (Å²) >= 11 is 5.47. The van der Waals surface area contributed by atoms with Gasteiger partial charge in [0.1, 0.15) is 11.6 Å². The van der Waals surface area contributed by atoms with Crippen LogP contribution in [0, 0.1) is 0 Å². The summed E-state index contributed by atoms with van der Waals surface area (Å²) in [5.74, 6) is 2.70. The Morgan fingerprint density at radius 3 is 2.37 bits per heavy atom. The maximum absolute atomic E-state index is 5.47. The number of hydrogen-bond acceptors (Lipinski definition) is 5. The average molecular weight is 389 g/mol. The van der Waals surface area contributed by atoms with Gasteiger partial charge >= 0.3 is 0 Å². The number of anilines is 3. The number of nitrogens with zero attached hydrogens (tertiary/aromatic N) is 4. The lowest BCUT2D eigenvalue weighted by Gasteiger charge is -2.35. The average Bonchev–Trinajstić information content (AvgIpc) is 3.48. The molecule has 1 saturated carbocycles. The van der Waals surface area contributed by atoms with Gasteiger partial charge in [-0.2, -0.15) is 9.97 Å². The Balaban J connectivity index is 1.58. The minimum Gasteiger partial charge on any atom is -0.360 e. The minimum absolute atomic E-state index is 0.523. The molecule has 0 amide bonds. The number of piperidine rings is 1. The third kappa shape index (κ3) is 5.00. The fourth-order valence-electron chi connectivity index (χ4n) is 4.08. The van der Waals surface area contributed by atoms with Crippen LogP contribution < -0.4 is 20.4 Å². The smallest absolute Gasteiger partial charge is 0.232 e. The third-order valence-corrected chi connectivity index (χ3v) is 6.08. The summed E-state index contributed by atoms with van der Waals surface area (Å²) in [4.78, 5) is 14.5. The van der Waals surface area contributed by atoms with E-state index in [0.29, 0.717) is 23.1 Å². The number of nitrogens with one attached hydrogen (secondary N) is 2. The second-order valence-corrected chi connectivity index (χ2v) is 8.63. The van der Waals surface area contributed by atoms with E-state index in [4.69, 9.17) is 22.2 Å². The Kier molecular flexibility index (Phi) is 5.95. The van der Waals surface area contributed by atoms with Gasteiger partial charge in [0.05, 0.1) is 0 Å². The second-order valence-electron chi connectivity index (χ2n) is 8.22. The molecule has 3 fully saturated rings. The van der Waals surface area contributed by atoms with Crippen LogP contribution in [0.5, 0.6) is 0 Å². The topological polar surface area (TPSA) is 56.3 Å². The van der Waals surface area contributed by atoms with Crippen molar-refractivity contribution < 1.29 is 0 Å². The molecule has 4 rings (SSSR count). The molecule has 1 aromatic rings. The fraction of sp³-hybridized carbons (Fsp3) is 0.750. The Morgan fingerprint density at radius 1 is 0.963 bits per heavy atom. The van der Waals surface area contributed by atoms with Crippen LogP contribution >= 0.6 is 12.2 Å². The molecule has 6 nitrogen and oxygen atoms in total. The van der Waals surface area contributed by atoms with Gasteiger partial charge in [0, 0.05) is 37.8 Å². The van der Waals surface area contributed by atoms with E-state index >= 15 is 0 Å². The van der Waals surface area contributed by atoms with Crippen molar-refractivity contribution in [2.24, 2.45) is 0 Å². The highest BCUT2D eigenvalue weighted by molar-refractivity contribution is 7.80. The van der Waals surface area contributed by atoms with E-state index in [2.05, 4.69) is 33.4 Å². The molecule has 1 aliphatic carbocycles. The molecule has 2 aliphatic heterocycles. The summed E-state index contributed by atoms with van der Waals surface area (Å²) in [5, 5.41) is 7.22. The summed E-state index contributed by atoms with van der Waals surface area (Å²) in [6, 6.07) is 3.24. The first-order valence-corrected chi connectivity index (χ1v) is 11.1. The van der Waals surface area contributed by atoms with Crippen LogP contribution in [-0.4, -0.2) is 46.8 Å². The molecule has 3 aliphatic rings. The molecule has 0 bridgehead atoms. The van der Waals surface area contributed by atoms with Crippen molar-refractivity contribution in [3.8, 4) is 0 Å². The molecule has 0 aromatic carbocycles. The van der Waals surface area contributed by atoms with Crippen LogP contribution in [0.1, 0.15) is 64.7 Å². The molecule has 3 heterocycles. The van der Waals surface area contributed by atoms with Gasteiger partial charge in [-0.25, -0.2) is 0 Å². The zero-order valence-electron chi connectivity index (χ0n) is 16.4. The first-order chi connectivity index (χ1) is 13.2. The fourth-order valence-corrected chi connectivity index (χ4v) is 4.33. The molecule has 0 unspecified atom stereocenters. The van der Waals surface area contributed by atoms with Crippen LogP contribution in [0.4, 0.5) is 17.6 Å². The zero-order chi connectivity index (χ0) is 18.6. The molecular formula is C20H32N6S. The molecule has 0 radical (unpaired) electrons. The highest BCUT2D eigenvalue weighted by atomic mass is 32.1. The van der Waals surface area contributed by atoms with E-state index in [0.717, 1.165) is 31.3 Å². The summed E-state index contributed by atoms with van der Waals surface area (Å²) in [5.41, 5.74) is 0. The zero-order valence-corrected chi connectivity index (χ0v) is 17.2. The van der Waals surface area contributed by atoms with Crippen molar-refractivity contribution in [2.45, 2.75) is 76.8 Å². The van der Waals surface area contributed by atoms with E-state index in [9.17, 15) is 0 Å². The van der Waals surface area contributed by atoms with E-state index in [1.165, 1.54) is 57.8 Å². The van der Waals surface area contributed by atoms with Gasteiger partial charge in [-0.05, 0) is 64.1 Å². The van der Waals surface area contributed by atoms with Gasteiger partial charge in [-0.1, -0.05) is 12.8 Å².